The quantitative estimate of drug-likeness (QED) is 0.733. The van der Waals surface area contributed by atoms with Gasteiger partial charge in [0.25, 0.3) is 5.91 Å². The Balaban J connectivity index is 2.60. The highest BCUT2D eigenvalue weighted by atomic mass is 16.1. The molecule has 0 aliphatic carbocycles. The molecule has 1 atom stereocenters. The van der Waals surface area contributed by atoms with E-state index in [0.717, 1.165) is 0 Å². The number of hydrogen-bond acceptors (Lipinski definition) is 2. The minimum absolute atomic E-state index is 0.0354. The van der Waals surface area contributed by atoms with Crippen LogP contribution in [0.1, 0.15) is 17.3 Å². The van der Waals surface area contributed by atoms with Crippen LogP contribution in [0.25, 0.3) is 0 Å². The number of nitrogens with zero attached hydrogens (tertiary/aromatic N) is 1. The third-order valence-electron chi connectivity index (χ3n) is 2.15. The topological polar surface area (TPSA) is 32.3 Å². The van der Waals surface area contributed by atoms with Crippen molar-refractivity contribution in [3.8, 4) is 0 Å². The summed E-state index contributed by atoms with van der Waals surface area (Å²) in [7, 11) is 3.85. The summed E-state index contributed by atoms with van der Waals surface area (Å²) >= 11 is 0. The van der Waals surface area contributed by atoms with Crippen molar-refractivity contribution in [3.63, 3.8) is 0 Å². The molecular weight excluding hydrogens is 176 g/mol. The summed E-state index contributed by atoms with van der Waals surface area (Å²) in [5.74, 6) is -0.0354. The van der Waals surface area contributed by atoms with E-state index in [0.29, 0.717) is 5.56 Å². The van der Waals surface area contributed by atoms with Crippen LogP contribution in [-0.4, -0.2) is 31.1 Å². The van der Waals surface area contributed by atoms with Crippen molar-refractivity contribution < 1.29 is 4.79 Å². The van der Waals surface area contributed by atoms with Gasteiger partial charge in [-0.15, -0.1) is 0 Å². The van der Waals surface area contributed by atoms with Crippen LogP contribution < -0.4 is 5.32 Å². The minimum Gasteiger partial charge on any atom is -0.337 e. The van der Waals surface area contributed by atoms with E-state index in [1.165, 1.54) is 0 Å². The Morgan fingerprint density at radius 1 is 1.29 bits per heavy atom. The number of benzene rings is 1. The molecule has 0 saturated carbocycles. The molecule has 3 heteroatoms. The Morgan fingerprint density at radius 2 is 1.86 bits per heavy atom. The van der Waals surface area contributed by atoms with Gasteiger partial charge in [-0.3, -0.25) is 9.69 Å². The molecule has 1 rings (SSSR count). The zero-order valence-electron chi connectivity index (χ0n) is 8.82. The second-order valence-corrected chi connectivity index (χ2v) is 3.48. The average Bonchev–Trinajstić information content (AvgIpc) is 2.19. The van der Waals surface area contributed by atoms with Crippen LogP contribution in [0.4, 0.5) is 0 Å². The normalized spacial score (nSPS) is 12.6. The predicted octanol–water partition coefficient (Wildman–Crippen LogP) is 1.32. The van der Waals surface area contributed by atoms with Gasteiger partial charge in [-0.2, -0.15) is 0 Å². The molecule has 0 aliphatic heterocycles. The zero-order chi connectivity index (χ0) is 10.6. The highest BCUT2D eigenvalue weighted by Gasteiger charge is 2.09. The van der Waals surface area contributed by atoms with E-state index < -0.39 is 0 Å². The lowest BCUT2D eigenvalue weighted by atomic mass is 10.2. The Bertz CT molecular complexity index is 295. The van der Waals surface area contributed by atoms with Crippen LogP contribution >= 0.6 is 0 Å². The number of hydrogen-bond donors (Lipinski definition) is 1. The van der Waals surface area contributed by atoms with Gasteiger partial charge in [0.2, 0.25) is 0 Å². The van der Waals surface area contributed by atoms with E-state index in [1.807, 2.05) is 44.1 Å². The van der Waals surface area contributed by atoms with E-state index in [1.54, 1.807) is 12.1 Å². The molecular formula is C11H16N2O. The molecule has 14 heavy (non-hydrogen) atoms. The molecule has 0 radical (unpaired) electrons. The maximum absolute atomic E-state index is 11.6. The molecule has 1 unspecified atom stereocenters. The number of nitrogens with one attached hydrogen (secondary N) is 1. The van der Waals surface area contributed by atoms with Gasteiger partial charge in [0.05, 0.1) is 6.17 Å². The number of carbonyl (C=O) groups excluding carboxylic acids is 1. The smallest absolute Gasteiger partial charge is 0.252 e. The summed E-state index contributed by atoms with van der Waals surface area (Å²) in [5.41, 5.74) is 0.696. The largest absolute Gasteiger partial charge is 0.337 e. The van der Waals surface area contributed by atoms with E-state index in [9.17, 15) is 4.79 Å². The SMILES string of the molecule is CC(NC(=O)c1ccccc1)N(C)C. The van der Waals surface area contributed by atoms with Crippen molar-refractivity contribution in [2.75, 3.05) is 14.1 Å². The lowest BCUT2D eigenvalue weighted by Gasteiger charge is -2.20. The van der Waals surface area contributed by atoms with Crippen LogP contribution in [0.5, 0.6) is 0 Å². The molecule has 0 aliphatic rings. The van der Waals surface area contributed by atoms with Crippen molar-refractivity contribution >= 4 is 5.91 Å². The van der Waals surface area contributed by atoms with Crippen molar-refractivity contribution in [2.24, 2.45) is 0 Å². The summed E-state index contributed by atoms with van der Waals surface area (Å²) in [4.78, 5) is 13.6. The molecule has 0 heterocycles. The van der Waals surface area contributed by atoms with Gasteiger partial charge in [0.15, 0.2) is 0 Å². The van der Waals surface area contributed by atoms with E-state index in [4.69, 9.17) is 0 Å². The fourth-order valence-corrected chi connectivity index (χ4v) is 0.992. The summed E-state index contributed by atoms with van der Waals surface area (Å²) in [6.45, 7) is 1.95. The second kappa shape index (κ2) is 4.77. The van der Waals surface area contributed by atoms with Gasteiger partial charge in [-0.25, -0.2) is 0 Å². The Morgan fingerprint density at radius 3 is 2.36 bits per heavy atom. The van der Waals surface area contributed by atoms with Crippen molar-refractivity contribution in [1.82, 2.24) is 10.2 Å². The molecule has 1 aromatic rings. The van der Waals surface area contributed by atoms with Crippen LogP contribution in [0.3, 0.4) is 0 Å². The Hall–Kier alpha value is -1.35. The maximum atomic E-state index is 11.6. The number of rotatable bonds is 3. The first-order chi connectivity index (χ1) is 6.61. The average molecular weight is 192 g/mol. The molecule has 3 nitrogen and oxygen atoms in total. The van der Waals surface area contributed by atoms with Gasteiger partial charge in [0, 0.05) is 5.56 Å². The highest BCUT2D eigenvalue weighted by Crippen LogP contribution is 1.99. The molecule has 0 aromatic heterocycles. The summed E-state index contributed by atoms with van der Waals surface area (Å²) in [6.07, 6.45) is 0.0442. The van der Waals surface area contributed by atoms with Gasteiger partial charge in [-0.05, 0) is 33.2 Å². The van der Waals surface area contributed by atoms with Crippen molar-refractivity contribution in [1.29, 1.82) is 0 Å². The van der Waals surface area contributed by atoms with Crippen LogP contribution in [-0.2, 0) is 0 Å². The standard InChI is InChI=1S/C11H16N2O/c1-9(13(2)3)12-11(14)10-7-5-4-6-8-10/h4-9H,1-3H3,(H,12,14). The first kappa shape index (κ1) is 10.7. The third kappa shape index (κ3) is 2.85. The lowest BCUT2D eigenvalue weighted by molar-refractivity contribution is 0.0900. The first-order valence-electron chi connectivity index (χ1n) is 4.63. The Kier molecular flexibility index (Phi) is 3.65. The van der Waals surface area contributed by atoms with Gasteiger partial charge in [0.1, 0.15) is 0 Å². The van der Waals surface area contributed by atoms with Crippen LogP contribution in [0.2, 0.25) is 0 Å². The third-order valence-corrected chi connectivity index (χ3v) is 2.15. The molecule has 0 spiro atoms. The molecule has 0 saturated heterocycles. The molecule has 0 bridgehead atoms. The highest BCUT2D eigenvalue weighted by molar-refractivity contribution is 5.94. The van der Waals surface area contributed by atoms with Crippen molar-refractivity contribution in [3.05, 3.63) is 35.9 Å². The molecule has 0 fully saturated rings. The van der Waals surface area contributed by atoms with Gasteiger partial charge in [-0.1, -0.05) is 18.2 Å². The first-order valence-corrected chi connectivity index (χ1v) is 4.63. The molecule has 1 N–H and O–H groups in total. The maximum Gasteiger partial charge on any atom is 0.252 e. The fourth-order valence-electron chi connectivity index (χ4n) is 0.992. The summed E-state index contributed by atoms with van der Waals surface area (Å²) in [5, 5.41) is 2.88. The lowest BCUT2D eigenvalue weighted by Crippen LogP contribution is -2.42. The number of amides is 1. The molecule has 1 amide bonds. The molecule has 76 valence electrons. The van der Waals surface area contributed by atoms with E-state index >= 15 is 0 Å². The minimum atomic E-state index is -0.0354. The van der Waals surface area contributed by atoms with Crippen LogP contribution in [0.15, 0.2) is 30.3 Å². The summed E-state index contributed by atoms with van der Waals surface area (Å²) < 4.78 is 0. The summed E-state index contributed by atoms with van der Waals surface area (Å²) in [6, 6.07) is 9.21. The van der Waals surface area contributed by atoms with Crippen molar-refractivity contribution in [2.45, 2.75) is 13.1 Å². The number of carbonyl (C=O) groups is 1. The van der Waals surface area contributed by atoms with Gasteiger partial charge < -0.3 is 5.32 Å². The van der Waals surface area contributed by atoms with Crippen LogP contribution in [0, 0.1) is 0 Å². The van der Waals surface area contributed by atoms with E-state index in [-0.39, 0.29) is 12.1 Å². The predicted molar refractivity (Wildman–Crippen MR) is 57.1 cm³/mol. The van der Waals surface area contributed by atoms with Gasteiger partial charge >= 0.3 is 0 Å². The monoisotopic (exact) mass is 192 g/mol. The Labute approximate surface area is 84.7 Å². The van der Waals surface area contributed by atoms with E-state index in [2.05, 4.69) is 5.32 Å². The fraction of sp³-hybridized carbons (Fsp3) is 0.364. The second-order valence-electron chi connectivity index (χ2n) is 3.48. The molecule has 1 aromatic carbocycles. The zero-order valence-corrected chi connectivity index (χ0v) is 8.82.